The second-order valence-corrected chi connectivity index (χ2v) is 15.5. The molecule has 1 aliphatic heterocycles. The van der Waals surface area contributed by atoms with E-state index in [1.54, 1.807) is 20.2 Å². The summed E-state index contributed by atoms with van der Waals surface area (Å²) in [6.45, 7) is 3.31. The van der Waals surface area contributed by atoms with Crippen LogP contribution < -0.4 is 0 Å². The maximum atomic E-state index is 14.0. The predicted octanol–water partition coefficient (Wildman–Crippen LogP) is 9.12. The molecule has 59 heavy (non-hydrogen) atoms. The van der Waals surface area contributed by atoms with Crippen LogP contribution in [0, 0.1) is 0 Å². The van der Waals surface area contributed by atoms with Gasteiger partial charge in [0.25, 0.3) is 0 Å². The first-order valence-corrected chi connectivity index (χ1v) is 20.9. The van der Waals surface area contributed by atoms with Gasteiger partial charge in [-0.05, 0) is 27.8 Å². The summed E-state index contributed by atoms with van der Waals surface area (Å²) in [5.41, 5.74) is 4.98. The Morgan fingerprint density at radius 3 is 1.75 bits per heavy atom. The van der Waals surface area contributed by atoms with Gasteiger partial charge in [-0.15, -0.1) is 11.3 Å². The molecule has 1 fully saturated rings. The molecule has 6 atom stereocenters. The summed E-state index contributed by atoms with van der Waals surface area (Å²) >= 11 is 1.44. The van der Waals surface area contributed by atoms with E-state index in [1.807, 2.05) is 162 Å². The highest BCUT2D eigenvalue weighted by atomic mass is 32.1. The molecule has 7 rings (SSSR count). The smallest absolute Gasteiger partial charge is 0.224 e. The summed E-state index contributed by atoms with van der Waals surface area (Å²) in [6, 6.07) is 49.6. The first-order valence-electron chi connectivity index (χ1n) is 20.0. The second-order valence-electron chi connectivity index (χ2n) is 14.6. The van der Waals surface area contributed by atoms with Gasteiger partial charge in [0.2, 0.25) is 11.7 Å². The lowest BCUT2D eigenvalue weighted by atomic mass is 9.87. The molecule has 0 bridgehead atoms. The maximum Gasteiger partial charge on any atom is 0.224 e. The van der Waals surface area contributed by atoms with Crippen LogP contribution in [0.1, 0.15) is 46.2 Å². The Bertz CT molecular complexity index is 2100. The highest BCUT2D eigenvalue weighted by molar-refractivity contribution is 7.09. The van der Waals surface area contributed by atoms with Crippen molar-refractivity contribution in [2.45, 2.75) is 82.6 Å². The van der Waals surface area contributed by atoms with Crippen molar-refractivity contribution >= 4 is 17.2 Å². The lowest BCUT2D eigenvalue weighted by Crippen LogP contribution is -2.65. The van der Waals surface area contributed by atoms with E-state index in [-0.39, 0.29) is 32.1 Å². The normalized spacial score (nSPS) is 20.1. The van der Waals surface area contributed by atoms with Crippen molar-refractivity contribution in [3.63, 3.8) is 0 Å². The minimum absolute atomic E-state index is 0.109. The zero-order valence-corrected chi connectivity index (χ0v) is 34.4. The molecule has 9 nitrogen and oxygen atoms in total. The van der Waals surface area contributed by atoms with E-state index in [1.165, 1.54) is 11.3 Å². The van der Waals surface area contributed by atoms with Gasteiger partial charge in [-0.2, -0.15) is 0 Å². The molecule has 0 saturated carbocycles. The van der Waals surface area contributed by atoms with Crippen LogP contribution in [0.25, 0.3) is 0 Å². The number of nitrogens with zero attached hydrogens (tertiary/aromatic N) is 2. The predicted molar refractivity (Wildman–Crippen MR) is 228 cm³/mol. The molecule has 0 N–H and O–H groups in total. The molecule has 0 aliphatic carbocycles. The molecule has 2 heterocycles. The van der Waals surface area contributed by atoms with E-state index in [9.17, 15) is 4.79 Å². The molecule has 6 aromatic rings. The van der Waals surface area contributed by atoms with Gasteiger partial charge in [-0.25, -0.2) is 4.98 Å². The lowest BCUT2D eigenvalue weighted by Gasteiger charge is -2.52. The highest BCUT2D eigenvalue weighted by Gasteiger charge is 2.56. The molecule has 0 radical (unpaired) electrons. The summed E-state index contributed by atoms with van der Waals surface area (Å²) in [5.74, 6) is -1.47. The van der Waals surface area contributed by atoms with Gasteiger partial charge in [-0.3, -0.25) is 4.79 Å². The summed E-state index contributed by atoms with van der Waals surface area (Å²) in [6.07, 6.45) is -1.04. The van der Waals surface area contributed by atoms with Gasteiger partial charge in [0.15, 0.2) is 5.01 Å². The van der Waals surface area contributed by atoms with Crippen LogP contribution in [0.15, 0.2) is 163 Å². The Morgan fingerprint density at radius 2 is 1.24 bits per heavy atom. The van der Waals surface area contributed by atoms with E-state index in [2.05, 4.69) is 0 Å². The van der Waals surface area contributed by atoms with Crippen molar-refractivity contribution in [3.05, 3.63) is 196 Å². The Morgan fingerprint density at radius 1 is 0.729 bits per heavy atom. The van der Waals surface area contributed by atoms with E-state index in [4.69, 9.17) is 33.4 Å². The topological polar surface area (TPSA) is 88.6 Å². The Kier molecular flexibility index (Phi) is 15.2. The first-order chi connectivity index (χ1) is 29.0. The standard InChI is InChI=1S/C49H52N2O7S/c1-37(52)51(31-38-18-8-3-9-19-38)43-30-49(53-2,48-50-28-29-59-48)58-47(45(43)56-34-41-24-14-6-15-25-41)46(57-35-42-26-16-7-17-27-42)44(55-33-40-22-12-5-13-23-40)36-54-32-39-20-10-4-11-21-39/h3-29,43-47H,30-36H2,1-2H3/t43-,44+,45+,46+,47+,49-/m0/s1. The Labute approximate surface area is 351 Å². The molecule has 10 heteroatoms. The fourth-order valence-corrected chi connectivity index (χ4v) is 8.30. The number of ether oxygens (including phenoxy) is 6. The van der Waals surface area contributed by atoms with Gasteiger partial charge in [-0.1, -0.05) is 152 Å². The minimum atomic E-state index is -1.36. The fraction of sp³-hybridized carbons (Fsp3) is 0.306. The molecule has 0 unspecified atom stereocenters. The Balaban J connectivity index is 1.34. The van der Waals surface area contributed by atoms with E-state index in [0.29, 0.717) is 24.8 Å². The monoisotopic (exact) mass is 812 g/mol. The third-order valence-corrected chi connectivity index (χ3v) is 11.5. The van der Waals surface area contributed by atoms with Gasteiger partial charge in [0, 0.05) is 38.6 Å². The number of carbonyl (C=O) groups excluding carboxylic acids is 1. The van der Waals surface area contributed by atoms with Gasteiger partial charge in [0.05, 0.1) is 39.1 Å². The zero-order valence-electron chi connectivity index (χ0n) is 33.6. The van der Waals surface area contributed by atoms with Crippen LogP contribution in [-0.2, 0) is 72.0 Å². The van der Waals surface area contributed by atoms with Crippen molar-refractivity contribution in [1.82, 2.24) is 9.88 Å². The quantitative estimate of drug-likeness (QED) is 0.0755. The zero-order chi connectivity index (χ0) is 40.7. The number of aromatic nitrogens is 1. The molecule has 0 spiro atoms. The molecule has 306 valence electrons. The number of methoxy groups -OCH3 is 1. The van der Waals surface area contributed by atoms with Crippen LogP contribution in [0.5, 0.6) is 0 Å². The van der Waals surface area contributed by atoms with Crippen molar-refractivity contribution < 1.29 is 33.2 Å². The van der Waals surface area contributed by atoms with Crippen molar-refractivity contribution in [2.75, 3.05) is 13.7 Å². The molecule has 1 aliphatic rings. The van der Waals surface area contributed by atoms with E-state index in [0.717, 1.165) is 27.8 Å². The number of carbonyl (C=O) groups is 1. The largest absolute Gasteiger partial charge is 0.374 e. The molecule has 1 saturated heterocycles. The second kappa shape index (κ2) is 21.3. The summed E-state index contributed by atoms with van der Waals surface area (Å²) in [4.78, 5) is 20.6. The number of hydrogen-bond acceptors (Lipinski definition) is 9. The summed E-state index contributed by atoms with van der Waals surface area (Å²) in [5, 5.41) is 2.53. The number of thiazole rings is 1. The van der Waals surface area contributed by atoms with Crippen molar-refractivity contribution in [1.29, 1.82) is 0 Å². The van der Waals surface area contributed by atoms with Crippen LogP contribution in [0.2, 0.25) is 0 Å². The number of hydrogen-bond donors (Lipinski definition) is 0. The van der Waals surface area contributed by atoms with Crippen LogP contribution >= 0.6 is 11.3 Å². The van der Waals surface area contributed by atoms with E-state index < -0.39 is 36.2 Å². The van der Waals surface area contributed by atoms with Gasteiger partial charge >= 0.3 is 0 Å². The molecular formula is C49H52N2O7S. The maximum absolute atomic E-state index is 14.0. The molecule has 1 amide bonds. The average Bonchev–Trinajstić information content (AvgIpc) is 3.84. The average molecular weight is 813 g/mol. The number of rotatable bonds is 20. The minimum Gasteiger partial charge on any atom is -0.374 e. The highest BCUT2D eigenvalue weighted by Crippen LogP contribution is 2.45. The molecule has 5 aromatic carbocycles. The first kappa shape index (κ1) is 42.1. The van der Waals surface area contributed by atoms with Crippen LogP contribution in [-0.4, -0.2) is 60.0 Å². The van der Waals surface area contributed by atoms with E-state index >= 15 is 0 Å². The third-order valence-electron chi connectivity index (χ3n) is 10.6. The van der Waals surface area contributed by atoms with Gasteiger partial charge in [0.1, 0.15) is 24.4 Å². The Hall–Kier alpha value is -5.04. The SMILES string of the molecule is CO[C@@]1(c2nccs2)C[C@H](N(Cc2ccccc2)C(C)=O)[C@@H](OCc2ccccc2)[C@H]([C@H](OCc2ccccc2)[C@@H](COCc2ccccc2)OCc2ccccc2)O1. The summed E-state index contributed by atoms with van der Waals surface area (Å²) in [7, 11) is 1.63. The van der Waals surface area contributed by atoms with Crippen molar-refractivity contribution in [2.24, 2.45) is 0 Å². The number of benzene rings is 5. The molecular weight excluding hydrogens is 761 g/mol. The van der Waals surface area contributed by atoms with Crippen LogP contribution in [0.3, 0.4) is 0 Å². The van der Waals surface area contributed by atoms with Gasteiger partial charge < -0.3 is 33.3 Å². The van der Waals surface area contributed by atoms with Crippen LogP contribution in [0.4, 0.5) is 0 Å². The third kappa shape index (κ3) is 11.4. The number of amides is 1. The fourth-order valence-electron chi connectivity index (χ4n) is 7.53. The molecule has 1 aromatic heterocycles. The lowest BCUT2D eigenvalue weighted by molar-refractivity contribution is -0.341. The summed E-state index contributed by atoms with van der Waals surface area (Å²) < 4.78 is 41.3. The van der Waals surface area contributed by atoms with Crippen molar-refractivity contribution in [3.8, 4) is 0 Å².